The Morgan fingerprint density at radius 3 is 2.96 bits per heavy atom. The summed E-state index contributed by atoms with van der Waals surface area (Å²) >= 11 is 10.8. The number of anilines is 2. The van der Waals surface area contributed by atoms with E-state index < -0.39 is 11.7 Å². The molecule has 5 nitrogen and oxygen atoms in total. The van der Waals surface area contributed by atoms with Gasteiger partial charge in [0.05, 0.1) is 38.8 Å². The number of benzene rings is 2. The standard InChI is InChI=1S/C18H14BrClFN3O2S/c19-10-3-4-13(12(20)5-10)23-16-11(18(25)24-26-7-9-1-2-9)6-14-17(15(16)21)22-8-27-14/h3-6,8-9,23H,1-2,7H2,(H,24,25). The molecule has 1 heterocycles. The Morgan fingerprint density at radius 1 is 1.41 bits per heavy atom. The van der Waals surface area contributed by atoms with E-state index in [1.807, 2.05) is 0 Å². The molecule has 1 fully saturated rings. The summed E-state index contributed by atoms with van der Waals surface area (Å²) in [5, 5.41) is 3.32. The summed E-state index contributed by atoms with van der Waals surface area (Å²) in [6.07, 6.45) is 2.21. The predicted octanol–water partition coefficient (Wildman–Crippen LogP) is 5.67. The molecule has 0 bridgehead atoms. The van der Waals surface area contributed by atoms with Crippen molar-refractivity contribution in [1.82, 2.24) is 10.5 Å². The van der Waals surface area contributed by atoms with Gasteiger partial charge in [0.2, 0.25) is 0 Å². The summed E-state index contributed by atoms with van der Waals surface area (Å²) in [4.78, 5) is 21.9. The van der Waals surface area contributed by atoms with Gasteiger partial charge in [-0.25, -0.2) is 14.9 Å². The van der Waals surface area contributed by atoms with Gasteiger partial charge in [-0.15, -0.1) is 11.3 Å². The summed E-state index contributed by atoms with van der Waals surface area (Å²) in [7, 11) is 0. The van der Waals surface area contributed by atoms with Gasteiger partial charge in [-0.3, -0.25) is 9.63 Å². The molecule has 1 saturated carbocycles. The van der Waals surface area contributed by atoms with Gasteiger partial charge in [0, 0.05) is 4.47 Å². The van der Waals surface area contributed by atoms with Gasteiger partial charge < -0.3 is 5.32 Å². The maximum Gasteiger partial charge on any atom is 0.277 e. The number of hydrogen-bond donors (Lipinski definition) is 2. The zero-order valence-corrected chi connectivity index (χ0v) is 17.0. The summed E-state index contributed by atoms with van der Waals surface area (Å²) in [5.74, 6) is -0.647. The van der Waals surface area contributed by atoms with Crippen LogP contribution in [0.2, 0.25) is 5.02 Å². The Labute approximate surface area is 172 Å². The molecule has 1 aliphatic rings. The minimum absolute atomic E-state index is 0.00476. The Bertz CT molecular complexity index is 1030. The van der Waals surface area contributed by atoms with E-state index in [2.05, 4.69) is 31.7 Å². The molecule has 0 aliphatic heterocycles. The van der Waals surface area contributed by atoms with Crippen LogP contribution in [0.25, 0.3) is 10.2 Å². The third-order valence-corrected chi connectivity index (χ3v) is 5.77. The van der Waals surface area contributed by atoms with Crippen molar-refractivity contribution < 1.29 is 14.0 Å². The highest BCUT2D eigenvalue weighted by Gasteiger charge is 2.24. The number of aromatic nitrogens is 1. The van der Waals surface area contributed by atoms with E-state index in [1.165, 1.54) is 16.8 Å². The van der Waals surface area contributed by atoms with Crippen LogP contribution in [0.1, 0.15) is 23.2 Å². The first-order valence-corrected chi connectivity index (χ1v) is 10.3. The van der Waals surface area contributed by atoms with E-state index in [9.17, 15) is 4.79 Å². The highest BCUT2D eigenvalue weighted by Crippen LogP contribution is 2.35. The lowest BCUT2D eigenvalue weighted by molar-refractivity contribution is 0.0271. The summed E-state index contributed by atoms with van der Waals surface area (Å²) in [6.45, 7) is 0.457. The van der Waals surface area contributed by atoms with E-state index in [0.717, 1.165) is 17.3 Å². The molecule has 0 radical (unpaired) electrons. The first kappa shape index (κ1) is 18.6. The molecule has 27 heavy (non-hydrogen) atoms. The summed E-state index contributed by atoms with van der Waals surface area (Å²) in [5.41, 5.74) is 4.74. The van der Waals surface area contributed by atoms with E-state index in [0.29, 0.717) is 27.9 Å². The van der Waals surface area contributed by atoms with Crippen molar-refractivity contribution in [2.45, 2.75) is 12.8 Å². The second-order valence-electron chi connectivity index (χ2n) is 6.25. The molecule has 1 aromatic heterocycles. The minimum Gasteiger partial charge on any atom is -0.351 e. The van der Waals surface area contributed by atoms with Crippen LogP contribution >= 0.6 is 38.9 Å². The number of nitrogens with zero attached hydrogens (tertiary/aromatic N) is 1. The number of amides is 1. The molecule has 0 atom stereocenters. The molecule has 1 aliphatic carbocycles. The topological polar surface area (TPSA) is 63.2 Å². The second kappa shape index (κ2) is 7.71. The molecule has 0 unspecified atom stereocenters. The highest BCUT2D eigenvalue weighted by molar-refractivity contribution is 9.10. The van der Waals surface area contributed by atoms with Crippen LogP contribution < -0.4 is 10.8 Å². The maximum atomic E-state index is 15.1. The van der Waals surface area contributed by atoms with E-state index >= 15 is 4.39 Å². The Morgan fingerprint density at radius 2 is 2.22 bits per heavy atom. The van der Waals surface area contributed by atoms with Crippen molar-refractivity contribution in [3.63, 3.8) is 0 Å². The first-order chi connectivity index (χ1) is 13.0. The fourth-order valence-corrected chi connectivity index (χ4v) is 3.99. The number of rotatable bonds is 6. The molecule has 0 saturated heterocycles. The largest absolute Gasteiger partial charge is 0.351 e. The molecule has 2 aromatic carbocycles. The number of carbonyl (C=O) groups excluding carboxylic acids is 1. The van der Waals surface area contributed by atoms with E-state index in [4.69, 9.17) is 16.4 Å². The van der Waals surface area contributed by atoms with Gasteiger partial charge in [-0.1, -0.05) is 27.5 Å². The van der Waals surface area contributed by atoms with Crippen LogP contribution in [-0.2, 0) is 4.84 Å². The van der Waals surface area contributed by atoms with Crippen molar-refractivity contribution in [1.29, 1.82) is 0 Å². The van der Waals surface area contributed by atoms with E-state index in [1.54, 1.807) is 24.3 Å². The monoisotopic (exact) mass is 469 g/mol. The van der Waals surface area contributed by atoms with Crippen LogP contribution in [0.3, 0.4) is 0 Å². The van der Waals surface area contributed by atoms with Crippen molar-refractivity contribution in [2.24, 2.45) is 5.92 Å². The Kier molecular flexibility index (Phi) is 5.32. The molecule has 9 heteroatoms. The SMILES string of the molecule is O=C(NOCC1CC1)c1cc2scnc2c(F)c1Nc1ccc(Br)cc1Cl. The van der Waals surface area contributed by atoms with Gasteiger partial charge in [-0.05, 0) is 43.0 Å². The summed E-state index contributed by atoms with van der Waals surface area (Å²) in [6, 6.07) is 6.75. The van der Waals surface area contributed by atoms with Crippen molar-refractivity contribution in [3.05, 3.63) is 50.7 Å². The predicted molar refractivity (Wildman–Crippen MR) is 108 cm³/mol. The molecule has 3 aromatic rings. The number of carbonyl (C=O) groups is 1. The first-order valence-electron chi connectivity index (χ1n) is 8.23. The van der Waals surface area contributed by atoms with Gasteiger partial charge in [0.15, 0.2) is 5.82 Å². The number of nitrogens with one attached hydrogen (secondary N) is 2. The van der Waals surface area contributed by atoms with Crippen molar-refractivity contribution in [2.75, 3.05) is 11.9 Å². The average molecular weight is 471 g/mol. The second-order valence-corrected chi connectivity index (χ2v) is 8.46. The fraction of sp³-hybridized carbons (Fsp3) is 0.222. The quantitative estimate of drug-likeness (QED) is 0.456. The zero-order valence-electron chi connectivity index (χ0n) is 13.9. The lowest BCUT2D eigenvalue weighted by atomic mass is 10.1. The Hall–Kier alpha value is -1.74. The van der Waals surface area contributed by atoms with Crippen LogP contribution in [0.4, 0.5) is 15.8 Å². The van der Waals surface area contributed by atoms with Gasteiger partial charge >= 0.3 is 0 Å². The molecule has 2 N–H and O–H groups in total. The third kappa shape index (κ3) is 4.08. The normalized spacial score (nSPS) is 13.7. The Balaban J connectivity index is 1.69. The fourth-order valence-electron chi connectivity index (χ4n) is 2.55. The van der Waals surface area contributed by atoms with Gasteiger partial charge in [-0.2, -0.15) is 0 Å². The molecular weight excluding hydrogens is 457 g/mol. The highest BCUT2D eigenvalue weighted by atomic mass is 79.9. The van der Waals surface area contributed by atoms with Crippen LogP contribution in [0.5, 0.6) is 0 Å². The smallest absolute Gasteiger partial charge is 0.277 e. The zero-order chi connectivity index (χ0) is 19.0. The molecular formula is C18H14BrClFN3O2S. The van der Waals surface area contributed by atoms with Crippen molar-refractivity contribution >= 4 is 66.4 Å². The van der Waals surface area contributed by atoms with Crippen molar-refractivity contribution in [3.8, 4) is 0 Å². The number of hydrogen-bond acceptors (Lipinski definition) is 5. The molecule has 1 amide bonds. The third-order valence-electron chi connectivity index (χ3n) is 4.18. The summed E-state index contributed by atoms with van der Waals surface area (Å²) < 4.78 is 16.5. The maximum absolute atomic E-state index is 15.1. The van der Waals surface area contributed by atoms with Crippen LogP contribution in [0, 0.1) is 11.7 Å². The molecule has 140 valence electrons. The van der Waals surface area contributed by atoms with Crippen LogP contribution in [-0.4, -0.2) is 17.5 Å². The minimum atomic E-state index is -0.611. The lowest BCUT2D eigenvalue weighted by Gasteiger charge is -2.15. The lowest BCUT2D eigenvalue weighted by Crippen LogP contribution is -2.25. The van der Waals surface area contributed by atoms with Crippen LogP contribution in [0.15, 0.2) is 34.2 Å². The van der Waals surface area contributed by atoms with Gasteiger partial charge in [0.25, 0.3) is 5.91 Å². The van der Waals surface area contributed by atoms with E-state index in [-0.39, 0.29) is 16.8 Å². The molecule has 0 spiro atoms. The molecule has 4 rings (SSSR count). The number of thiazole rings is 1. The van der Waals surface area contributed by atoms with Gasteiger partial charge in [0.1, 0.15) is 5.52 Å². The number of fused-ring (bicyclic) bond motifs is 1. The average Bonchev–Trinajstić information content (AvgIpc) is 3.33. The number of halogens is 3. The number of hydroxylamine groups is 1.